The van der Waals surface area contributed by atoms with Gasteiger partial charge >= 0.3 is 6.03 Å². The van der Waals surface area contributed by atoms with Crippen LogP contribution >= 0.6 is 0 Å². The minimum atomic E-state index is -0.596. The van der Waals surface area contributed by atoms with Crippen molar-refractivity contribution in [3.05, 3.63) is 35.9 Å². The van der Waals surface area contributed by atoms with Gasteiger partial charge in [-0.2, -0.15) is 0 Å². The van der Waals surface area contributed by atoms with Crippen LogP contribution in [0.4, 0.5) is 4.79 Å². The summed E-state index contributed by atoms with van der Waals surface area (Å²) < 4.78 is 5.17. The lowest BCUT2D eigenvalue weighted by Gasteiger charge is -2.28. The van der Waals surface area contributed by atoms with Crippen molar-refractivity contribution in [1.29, 1.82) is 0 Å². The highest BCUT2D eigenvalue weighted by molar-refractivity contribution is 5.79. The molecule has 1 aliphatic rings. The number of benzene rings is 1. The zero-order valence-corrected chi connectivity index (χ0v) is 10.0. The van der Waals surface area contributed by atoms with Crippen molar-refractivity contribution in [3.63, 3.8) is 0 Å². The van der Waals surface area contributed by atoms with E-state index in [2.05, 4.69) is 5.32 Å². The predicted octanol–water partition coefficient (Wildman–Crippen LogP) is 0.968. The van der Waals surface area contributed by atoms with Gasteiger partial charge in [0, 0.05) is 13.1 Å². The lowest BCUT2D eigenvalue weighted by atomic mass is 10.1. The molecule has 1 unspecified atom stereocenters. The van der Waals surface area contributed by atoms with E-state index in [1.165, 1.54) is 0 Å². The number of carbonyl (C=O) groups excluding carboxylic acids is 2. The Bertz CT molecular complexity index is 402. The Kier molecular flexibility index (Phi) is 4.30. The maximum atomic E-state index is 11.9. The Morgan fingerprint density at radius 3 is 2.56 bits per heavy atom. The molecule has 1 aromatic carbocycles. The van der Waals surface area contributed by atoms with Gasteiger partial charge in [-0.25, -0.2) is 4.79 Å². The van der Waals surface area contributed by atoms with Crippen molar-refractivity contribution < 1.29 is 14.3 Å². The topological polar surface area (TPSA) is 58.6 Å². The van der Waals surface area contributed by atoms with Gasteiger partial charge in [0.1, 0.15) is 12.3 Å². The molecule has 0 bridgehead atoms. The number of aldehydes is 1. The molecule has 18 heavy (non-hydrogen) atoms. The van der Waals surface area contributed by atoms with Gasteiger partial charge in [0.05, 0.1) is 13.2 Å². The van der Waals surface area contributed by atoms with Gasteiger partial charge in [0.25, 0.3) is 0 Å². The van der Waals surface area contributed by atoms with Crippen LogP contribution < -0.4 is 5.32 Å². The van der Waals surface area contributed by atoms with Crippen molar-refractivity contribution in [2.24, 2.45) is 0 Å². The lowest BCUT2D eigenvalue weighted by Crippen LogP contribution is -2.47. The molecule has 1 fully saturated rings. The van der Waals surface area contributed by atoms with E-state index in [-0.39, 0.29) is 6.03 Å². The lowest BCUT2D eigenvalue weighted by molar-refractivity contribution is -0.109. The molecule has 0 aromatic heterocycles. The minimum Gasteiger partial charge on any atom is -0.378 e. The smallest absolute Gasteiger partial charge is 0.318 e. The highest BCUT2D eigenvalue weighted by Gasteiger charge is 2.20. The van der Waals surface area contributed by atoms with Crippen molar-refractivity contribution in [2.75, 3.05) is 26.3 Å². The van der Waals surface area contributed by atoms with Crippen molar-refractivity contribution in [1.82, 2.24) is 10.2 Å². The van der Waals surface area contributed by atoms with Crippen LogP contribution in [0.5, 0.6) is 0 Å². The summed E-state index contributed by atoms with van der Waals surface area (Å²) in [5, 5.41) is 2.72. The van der Waals surface area contributed by atoms with Crippen LogP contribution in [0.1, 0.15) is 11.6 Å². The van der Waals surface area contributed by atoms with Crippen LogP contribution in [-0.2, 0) is 9.53 Å². The average molecular weight is 248 g/mol. The molecule has 2 rings (SSSR count). The van der Waals surface area contributed by atoms with Gasteiger partial charge in [-0.05, 0) is 5.56 Å². The molecule has 1 heterocycles. The monoisotopic (exact) mass is 248 g/mol. The number of hydrogen-bond acceptors (Lipinski definition) is 3. The summed E-state index contributed by atoms with van der Waals surface area (Å²) in [6.45, 7) is 2.22. The molecular formula is C13H16N2O3. The summed E-state index contributed by atoms with van der Waals surface area (Å²) >= 11 is 0. The quantitative estimate of drug-likeness (QED) is 0.811. The number of amides is 2. The maximum Gasteiger partial charge on any atom is 0.318 e. The normalized spacial score (nSPS) is 17.0. The van der Waals surface area contributed by atoms with Crippen molar-refractivity contribution in [2.45, 2.75) is 6.04 Å². The van der Waals surface area contributed by atoms with Gasteiger partial charge in [0.15, 0.2) is 0 Å². The van der Waals surface area contributed by atoms with Crippen LogP contribution in [0.15, 0.2) is 30.3 Å². The molecule has 0 spiro atoms. The first-order valence-electron chi connectivity index (χ1n) is 5.94. The molecule has 2 amide bonds. The third-order valence-electron chi connectivity index (χ3n) is 2.87. The molecule has 0 radical (unpaired) electrons. The van der Waals surface area contributed by atoms with E-state index in [1.54, 1.807) is 4.90 Å². The fraction of sp³-hybridized carbons (Fsp3) is 0.385. The van der Waals surface area contributed by atoms with E-state index in [1.807, 2.05) is 30.3 Å². The van der Waals surface area contributed by atoms with E-state index >= 15 is 0 Å². The summed E-state index contributed by atoms with van der Waals surface area (Å²) in [4.78, 5) is 24.7. The zero-order chi connectivity index (χ0) is 12.8. The molecule has 5 nitrogen and oxygen atoms in total. The Balaban J connectivity index is 1.98. The summed E-state index contributed by atoms with van der Waals surface area (Å²) in [6, 6.07) is 8.37. The summed E-state index contributed by atoms with van der Waals surface area (Å²) in [7, 11) is 0. The third-order valence-corrected chi connectivity index (χ3v) is 2.87. The van der Waals surface area contributed by atoms with Gasteiger partial charge in [-0.15, -0.1) is 0 Å². The first-order valence-corrected chi connectivity index (χ1v) is 5.94. The largest absolute Gasteiger partial charge is 0.378 e. The van der Waals surface area contributed by atoms with Crippen LogP contribution in [-0.4, -0.2) is 43.5 Å². The van der Waals surface area contributed by atoms with Crippen molar-refractivity contribution in [3.8, 4) is 0 Å². The average Bonchev–Trinajstić information content (AvgIpc) is 2.46. The molecule has 0 saturated carbocycles. The summed E-state index contributed by atoms with van der Waals surface area (Å²) in [6.07, 6.45) is 0.744. The van der Waals surface area contributed by atoms with Crippen LogP contribution in [0.3, 0.4) is 0 Å². The number of carbonyl (C=O) groups is 2. The van der Waals surface area contributed by atoms with Gasteiger partial charge in [-0.1, -0.05) is 30.3 Å². The second-order valence-electron chi connectivity index (χ2n) is 4.07. The Hall–Kier alpha value is -1.88. The Labute approximate surface area is 106 Å². The van der Waals surface area contributed by atoms with E-state index in [9.17, 15) is 9.59 Å². The second kappa shape index (κ2) is 6.16. The summed E-state index contributed by atoms with van der Waals surface area (Å²) in [5.41, 5.74) is 0.786. The molecular weight excluding hydrogens is 232 g/mol. The highest BCUT2D eigenvalue weighted by Crippen LogP contribution is 2.10. The first-order chi connectivity index (χ1) is 8.81. The fourth-order valence-electron chi connectivity index (χ4n) is 1.85. The van der Waals surface area contributed by atoms with Crippen LogP contribution in [0, 0.1) is 0 Å². The standard InChI is InChI=1S/C13H16N2O3/c16-10-12(11-4-2-1-3-5-11)14-13(17)15-6-8-18-9-7-15/h1-5,10,12H,6-9H2,(H,14,17). The van der Waals surface area contributed by atoms with E-state index in [4.69, 9.17) is 4.74 Å². The van der Waals surface area contributed by atoms with Crippen molar-refractivity contribution >= 4 is 12.3 Å². The molecule has 1 N–H and O–H groups in total. The molecule has 1 saturated heterocycles. The fourth-order valence-corrected chi connectivity index (χ4v) is 1.85. The van der Waals surface area contributed by atoms with Gasteiger partial charge < -0.3 is 19.7 Å². The maximum absolute atomic E-state index is 11.9. The summed E-state index contributed by atoms with van der Waals surface area (Å²) in [5.74, 6) is 0. The number of ether oxygens (including phenoxy) is 1. The molecule has 1 atom stereocenters. The zero-order valence-electron chi connectivity index (χ0n) is 10.0. The third kappa shape index (κ3) is 3.07. The predicted molar refractivity (Wildman–Crippen MR) is 66.2 cm³/mol. The van der Waals surface area contributed by atoms with Gasteiger partial charge in [-0.3, -0.25) is 0 Å². The molecule has 0 aliphatic carbocycles. The SMILES string of the molecule is O=CC(NC(=O)N1CCOCC1)c1ccccc1. The number of nitrogens with one attached hydrogen (secondary N) is 1. The number of nitrogens with zero attached hydrogens (tertiary/aromatic N) is 1. The van der Waals surface area contributed by atoms with E-state index in [0.717, 1.165) is 11.8 Å². The first kappa shape index (κ1) is 12.6. The molecule has 1 aliphatic heterocycles. The number of urea groups is 1. The number of morpholine rings is 1. The Morgan fingerprint density at radius 2 is 1.94 bits per heavy atom. The molecule has 96 valence electrons. The number of hydrogen-bond donors (Lipinski definition) is 1. The highest BCUT2D eigenvalue weighted by atomic mass is 16.5. The Morgan fingerprint density at radius 1 is 1.28 bits per heavy atom. The minimum absolute atomic E-state index is 0.223. The molecule has 5 heteroatoms. The van der Waals surface area contributed by atoms with E-state index in [0.29, 0.717) is 26.3 Å². The van der Waals surface area contributed by atoms with E-state index < -0.39 is 6.04 Å². The van der Waals surface area contributed by atoms with Crippen LogP contribution in [0.25, 0.3) is 0 Å². The van der Waals surface area contributed by atoms with Crippen LogP contribution in [0.2, 0.25) is 0 Å². The second-order valence-corrected chi connectivity index (χ2v) is 4.07. The molecule has 1 aromatic rings. The van der Waals surface area contributed by atoms with Gasteiger partial charge in [0.2, 0.25) is 0 Å². The number of rotatable bonds is 3.